The van der Waals surface area contributed by atoms with Crippen LogP contribution in [0.1, 0.15) is 16.8 Å². The number of aromatic nitrogens is 1. The minimum absolute atomic E-state index is 0.0670. The molecule has 3 aromatic rings. The first-order valence-electron chi connectivity index (χ1n) is 9.67. The van der Waals surface area contributed by atoms with Crippen LogP contribution in [0.4, 0.5) is 0 Å². The molecule has 7 heteroatoms. The molecule has 7 nitrogen and oxygen atoms in total. The Morgan fingerprint density at radius 3 is 2.62 bits per heavy atom. The molecule has 1 saturated heterocycles. The average molecular weight is 396 g/mol. The zero-order valence-corrected chi connectivity index (χ0v) is 16.4. The largest absolute Gasteiger partial charge is 0.489 e. The third-order valence-corrected chi connectivity index (χ3v) is 4.99. The van der Waals surface area contributed by atoms with E-state index in [1.165, 1.54) is 12.7 Å². The normalized spacial score (nSPS) is 14.8. The summed E-state index contributed by atoms with van der Waals surface area (Å²) in [6.45, 7) is 4.98. The van der Waals surface area contributed by atoms with Crippen molar-refractivity contribution >= 4 is 16.9 Å². The first kappa shape index (κ1) is 19.4. The highest BCUT2D eigenvalue weighted by Gasteiger charge is 2.14. The van der Waals surface area contributed by atoms with Crippen LogP contribution in [0.3, 0.4) is 0 Å². The van der Waals surface area contributed by atoms with E-state index in [2.05, 4.69) is 34.3 Å². The number of methoxy groups -OCH3 is 1. The standard InChI is InChI=1S/C22H24N2O5/c1-26-22(25)13-20-19-12-18(6-7-21(19)29-23-20)28-15-17-4-2-16(3-5-17)14-24-8-10-27-11-9-24/h2-7,12H,8-11,13-15H2,1H3. The summed E-state index contributed by atoms with van der Waals surface area (Å²) in [5, 5.41) is 4.72. The number of rotatable bonds is 7. The number of carbonyl (C=O) groups is 1. The van der Waals surface area contributed by atoms with Crippen molar-refractivity contribution in [2.24, 2.45) is 0 Å². The van der Waals surface area contributed by atoms with Crippen LogP contribution in [0.2, 0.25) is 0 Å². The molecule has 0 atom stereocenters. The summed E-state index contributed by atoms with van der Waals surface area (Å²) in [4.78, 5) is 13.9. The lowest BCUT2D eigenvalue weighted by Crippen LogP contribution is -2.35. The van der Waals surface area contributed by atoms with Crippen molar-refractivity contribution in [2.75, 3.05) is 33.4 Å². The summed E-state index contributed by atoms with van der Waals surface area (Å²) in [6, 6.07) is 14.0. The van der Waals surface area contributed by atoms with Crippen LogP contribution >= 0.6 is 0 Å². The van der Waals surface area contributed by atoms with Gasteiger partial charge in [-0.25, -0.2) is 0 Å². The summed E-state index contributed by atoms with van der Waals surface area (Å²) in [7, 11) is 1.35. The van der Waals surface area contributed by atoms with Crippen LogP contribution < -0.4 is 4.74 Å². The van der Waals surface area contributed by atoms with Gasteiger partial charge in [0.2, 0.25) is 0 Å². The Kier molecular flexibility index (Phi) is 6.07. The third-order valence-electron chi connectivity index (χ3n) is 4.99. The summed E-state index contributed by atoms with van der Waals surface area (Å²) in [5.41, 5.74) is 3.54. The van der Waals surface area contributed by atoms with Gasteiger partial charge in [-0.1, -0.05) is 29.4 Å². The number of morpholine rings is 1. The molecule has 0 unspecified atom stereocenters. The van der Waals surface area contributed by atoms with Gasteiger partial charge in [0.05, 0.1) is 26.7 Å². The molecule has 0 saturated carbocycles. The van der Waals surface area contributed by atoms with Crippen molar-refractivity contribution < 1.29 is 23.5 Å². The second-order valence-electron chi connectivity index (χ2n) is 7.03. The van der Waals surface area contributed by atoms with Crippen LogP contribution in [0.15, 0.2) is 47.0 Å². The van der Waals surface area contributed by atoms with Gasteiger partial charge in [-0.05, 0) is 29.3 Å². The Balaban J connectivity index is 1.37. The van der Waals surface area contributed by atoms with E-state index in [1.54, 1.807) is 6.07 Å². The van der Waals surface area contributed by atoms with Crippen LogP contribution in [-0.4, -0.2) is 49.4 Å². The first-order valence-corrected chi connectivity index (χ1v) is 9.67. The van der Waals surface area contributed by atoms with Gasteiger partial charge in [0, 0.05) is 25.0 Å². The lowest BCUT2D eigenvalue weighted by molar-refractivity contribution is -0.139. The zero-order valence-electron chi connectivity index (χ0n) is 16.4. The number of esters is 1. The van der Waals surface area contributed by atoms with E-state index in [4.69, 9.17) is 18.7 Å². The van der Waals surface area contributed by atoms with E-state index < -0.39 is 0 Å². The molecule has 1 fully saturated rings. The number of carbonyl (C=O) groups excluding carboxylic acids is 1. The Morgan fingerprint density at radius 1 is 1.10 bits per heavy atom. The highest BCUT2D eigenvalue weighted by Crippen LogP contribution is 2.25. The van der Waals surface area contributed by atoms with Gasteiger partial charge in [0.15, 0.2) is 5.58 Å². The topological polar surface area (TPSA) is 74.0 Å². The van der Waals surface area contributed by atoms with E-state index in [0.29, 0.717) is 23.6 Å². The van der Waals surface area contributed by atoms with Gasteiger partial charge < -0.3 is 18.7 Å². The minimum atomic E-state index is -0.358. The fourth-order valence-electron chi connectivity index (χ4n) is 3.32. The van der Waals surface area contributed by atoms with Crippen LogP contribution in [0.25, 0.3) is 11.0 Å². The molecule has 2 aromatic carbocycles. The lowest BCUT2D eigenvalue weighted by Gasteiger charge is -2.26. The number of ether oxygens (including phenoxy) is 3. The van der Waals surface area contributed by atoms with Gasteiger partial charge in [0.1, 0.15) is 18.1 Å². The van der Waals surface area contributed by atoms with Gasteiger partial charge >= 0.3 is 5.97 Å². The highest BCUT2D eigenvalue weighted by atomic mass is 16.5. The van der Waals surface area contributed by atoms with Gasteiger partial charge in [-0.2, -0.15) is 0 Å². The highest BCUT2D eigenvalue weighted by molar-refractivity contribution is 5.85. The van der Waals surface area contributed by atoms with E-state index in [0.717, 1.165) is 43.8 Å². The predicted octanol–water partition coefficient (Wildman–Crippen LogP) is 2.95. The molecule has 1 aliphatic rings. The number of hydrogen-bond donors (Lipinski definition) is 0. The molecule has 29 heavy (non-hydrogen) atoms. The van der Waals surface area contributed by atoms with Crippen molar-refractivity contribution in [3.8, 4) is 5.75 Å². The SMILES string of the molecule is COC(=O)Cc1noc2ccc(OCc3ccc(CN4CCOCC4)cc3)cc12. The van der Waals surface area contributed by atoms with Crippen LogP contribution in [-0.2, 0) is 33.8 Å². The number of fused-ring (bicyclic) bond motifs is 1. The molecule has 4 rings (SSSR count). The fraction of sp³-hybridized carbons (Fsp3) is 0.364. The molecular formula is C22H24N2O5. The molecule has 1 aromatic heterocycles. The molecule has 0 N–H and O–H groups in total. The Morgan fingerprint density at radius 2 is 1.86 bits per heavy atom. The first-order chi connectivity index (χ1) is 14.2. The number of nitrogens with zero attached hydrogens (tertiary/aromatic N) is 2. The molecule has 0 aliphatic carbocycles. The second kappa shape index (κ2) is 9.07. The number of benzene rings is 2. The summed E-state index contributed by atoms with van der Waals surface area (Å²) >= 11 is 0. The summed E-state index contributed by atoms with van der Waals surface area (Å²) in [6.07, 6.45) is 0.0670. The average Bonchev–Trinajstić information content (AvgIpc) is 3.16. The van der Waals surface area contributed by atoms with Crippen molar-refractivity contribution in [3.05, 3.63) is 59.3 Å². The maximum absolute atomic E-state index is 11.5. The Hall–Kier alpha value is -2.90. The van der Waals surface area contributed by atoms with E-state index >= 15 is 0 Å². The molecule has 0 spiro atoms. The maximum Gasteiger partial charge on any atom is 0.311 e. The Bertz CT molecular complexity index is 961. The molecule has 2 heterocycles. The van der Waals surface area contributed by atoms with Crippen molar-refractivity contribution in [3.63, 3.8) is 0 Å². The van der Waals surface area contributed by atoms with Crippen molar-refractivity contribution in [2.45, 2.75) is 19.6 Å². The monoisotopic (exact) mass is 396 g/mol. The van der Waals surface area contributed by atoms with Crippen molar-refractivity contribution in [1.82, 2.24) is 10.1 Å². The fourth-order valence-corrected chi connectivity index (χ4v) is 3.32. The minimum Gasteiger partial charge on any atom is -0.489 e. The smallest absolute Gasteiger partial charge is 0.311 e. The molecule has 0 radical (unpaired) electrons. The summed E-state index contributed by atoms with van der Waals surface area (Å²) < 4.78 is 21.3. The number of hydrogen-bond acceptors (Lipinski definition) is 7. The second-order valence-corrected chi connectivity index (χ2v) is 7.03. The van der Waals surface area contributed by atoms with Gasteiger partial charge in [0.25, 0.3) is 0 Å². The van der Waals surface area contributed by atoms with E-state index in [-0.39, 0.29) is 12.4 Å². The van der Waals surface area contributed by atoms with Crippen LogP contribution in [0, 0.1) is 0 Å². The van der Waals surface area contributed by atoms with Gasteiger partial charge in [-0.3, -0.25) is 9.69 Å². The summed E-state index contributed by atoms with van der Waals surface area (Å²) in [5.74, 6) is 0.341. The molecule has 152 valence electrons. The molecule has 0 amide bonds. The third kappa shape index (κ3) is 4.93. The molecule has 1 aliphatic heterocycles. The zero-order chi connectivity index (χ0) is 20.1. The maximum atomic E-state index is 11.5. The van der Waals surface area contributed by atoms with E-state index in [1.807, 2.05) is 12.1 Å². The lowest BCUT2D eigenvalue weighted by atomic mass is 10.1. The van der Waals surface area contributed by atoms with E-state index in [9.17, 15) is 4.79 Å². The molecular weight excluding hydrogens is 372 g/mol. The van der Waals surface area contributed by atoms with Gasteiger partial charge in [-0.15, -0.1) is 0 Å². The van der Waals surface area contributed by atoms with Crippen LogP contribution in [0.5, 0.6) is 5.75 Å². The Labute approximate surface area is 169 Å². The quantitative estimate of drug-likeness (QED) is 0.569. The van der Waals surface area contributed by atoms with Crippen molar-refractivity contribution in [1.29, 1.82) is 0 Å². The predicted molar refractivity (Wildman–Crippen MR) is 107 cm³/mol. The molecule has 0 bridgehead atoms.